The van der Waals surface area contributed by atoms with Crippen LogP contribution in [0.4, 0.5) is 14.6 Å². The third kappa shape index (κ3) is 7.00. The number of hydrogen-bond donors (Lipinski definition) is 2. The zero-order valence-electron chi connectivity index (χ0n) is 28.0. The topological polar surface area (TPSA) is 137 Å². The molecule has 4 heterocycles. The van der Waals surface area contributed by atoms with Crippen LogP contribution in [-0.4, -0.2) is 89.5 Å². The zero-order valence-corrected chi connectivity index (χ0v) is 28.0. The van der Waals surface area contributed by atoms with Crippen LogP contribution in [0.25, 0.3) is 32.9 Å². The highest BCUT2D eigenvalue weighted by Crippen LogP contribution is 2.47. The number of aromatic hydroxyl groups is 1. The highest BCUT2D eigenvalue weighted by molar-refractivity contribution is 6.03. The first-order chi connectivity index (χ1) is 24.7. The fourth-order valence-corrected chi connectivity index (χ4v) is 7.12. The van der Waals surface area contributed by atoms with E-state index in [0.29, 0.717) is 50.4 Å². The summed E-state index contributed by atoms with van der Waals surface area (Å²) in [5, 5.41) is 24.2. The van der Waals surface area contributed by atoms with Crippen molar-refractivity contribution >= 4 is 33.4 Å². The molecule has 1 amide bonds. The Balaban J connectivity index is 1.33. The summed E-state index contributed by atoms with van der Waals surface area (Å²) in [6.07, 6.45) is 11.1. The van der Waals surface area contributed by atoms with Crippen LogP contribution in [0.3, 0.4) is 0 Å². The molecular weight excluding hydrogens is 656 g/mol. The second kappa shape index (κ2) is 14.1. The third-order valence-electron chi connectivity index (χ3n) is 9.99. The van der Waals surface area contributed by atoms with Crippen LogP contribution < -0.4 is 15.0 Å². The normalized spacial score (nSPS) is 20.3. The summed E-state index contributed by atoms with van der Waals surface area (Å²) in [4.78, 5) is 30.4. The van der Waals surface area contributed by atoms with Crippen molar-refractivity contribution < 1.29 is 28.2 Å². The number of rotatable bonds is 9. The van der Waals surface area contributed by atoms with Gasteiger partial charge in [0, 0.05) is 61.3 Å². The van der Waals surface area contributed by atoms with Crippen molar-refractivity contribution in [3.8, 4) is 41.4 Å². The van der Waals surface area contributed by atoms with E-state index in [1.807, 2.05) is 4.90 Å². The third-order valence-corrected chi connectivity index (χ3v) is 9.99. The monoisotopic (exact) mass is 693 g/mol. The number of carbonyl (C=O) groups excluding carboxylic acids is 1. The molecule has 0 unspecified atom stereocenters. The lowest BCUT2D eigenvalue weighted by Gasteiger charge is -2.30. The van der Waals surface area contributed by atoms with Gasteiger partial charge in [-0.2, -0.15) is 15.2 Å². The summed E-state index contributed by atoms with van der Waals surface area (Å²) >= 11 is 0. The van der Waals surface area contributed by atoms with Crippen LogP contribution in [0.1, 0.15) is 31.2 Å². The van der Waals surface area contributed by atoms with Gasteiger partial charge in [-0.15, -0.1) is 6.42 Å². The number of benzene rings is 2. The molecule has 1 aliphatic carbocycles. The van der Waals surface area contributed by atoms with Gasteiger partial charge < -0.3 is 24.8 Å². The summed E-state index contributed by atoms with van der Waals surface area (Å²) < 4.78 is 43.7. The molecular formula is C38H37F2N7O4. The van der Waals surface area contributed by atoms with Crippen molar-refractivity contribution in [1.29, 1.82) is 5.26 Å². The fraction of sp³-hybridized carbons (Fsp3) is 0.395. The van der Waals surface area contributed by atoms with E-state index in [2.05, 4.69) is 38.8 Å². The van der Waals surface area contributed by atoms with Gasteiger partial charge in [-0.3, -0.25) is 14.7 Å². The Hall–Kier alpha value is -5.37. The van der Waals surface area contributed by atoms with E-state index < -0.39 is 17.7 Å². The van der Waals surface area contributed by atoms with Gasteiger partial charge in [-0.25, -0.2) is 8.78 Å². The number of halogens is 2. The lowest BCUT2D eigenvalue weighted by atomic mass is 9.96. The second-order valence-corrected chi connectivity index (χ2v) is 13.6. The molecule has 11 nitrogen and oxygen atoms in total. The number of terminal acetylenes is 1. The van der Waals surface area contributed by atoms with Gasteiger partial charge in [-0.05, 0) is 55.3 Å². The van der Waals surface area contributed by atoms with Crippen molar-refractivity contribution in [2.24, 2.45) is 11.3 Å². The Morgan fingerprint density at radius 2 is 2.04 bits per heavy atom. The van der Waals surface area contributed by atoms with Crippen LogP contribution in [0, 0.1) is 46.6 Å². The molecule has 51 heavy (non-hydrogen) atoms. The van der Waals surface area contributed by atoms with Gasteiger partial charge in [0.1, 0.15) is 28.6 Å². The first-order valence-electron chi connectivity index (χ1n) is 17.0. The lowest BCUT2D eigenvalue weighted by Crippen LogP contribution is -2.42. The Kier molecular flexibility index (Phi) is 9.42. The second-order valence-electron chi connectivity index (χ2n) is 13.6. The van der Waals surface area contributed by atoms with Gasteiger partial charge in [-0.1, -0.05) is 18.6 Å². The molecule has 3 aliphatic rings. The molecule has 2 aromatic heterocycles. The molecule has 4 aromatic rings. The molecule has 2 saturated heterocycles. The Morgan fingerprint density at radius 3 is 2.76 bits per heavy atom. The average Bonchev–Trinajstić information content (AvgIpc) is 3.94. The summed E-state index contributed by atoms with van der Waals surface area (Å²) in [5.41, 5.74) is -0.364. The van der Waals surface area contributed by atoms with Crippen molar-refractivity contribution in [2.75, 3.05) is 57.4 Å². The zero-order chi connectivity index (χ0) is 35.7. The number of anilines is 1. The molecule has 0 bridgehead atoms. The quantitative estimate of drug-likeness (QED) is 0.187. The number of carbonyl (C=O) groups is 1. The standard InChI is InChI=1S/C38H37F2N7O4/c1-3-27-30(39)6-5-24-16-26(48)17-28(32(24)27)34-33(40)35-29(19-42-34)36(47-10-7-23(18-41)15-25(20-47)43-31(49)4-2)45-37(44-35)51-22-38(8-9-38)21-46-11-13-50-14-12-46/h1,4-6,16-17,19,23,25,48H,2,7-15,20-22H2,(H,43,49)/t23-,25+/m0/s1. The van der Waals surface area contributed by atoms with E-state index >= 15 is 4.39 Å². The molecule has 2 aromatic carbocycles. The number of hydrogen-bond acceptors (Lipinski definition) is 10. The van der Waals surface area contributed by atoms with Crippen molar-refractivity contribution in [3.63, 3.8) is 0 Å². The minimum atomic E-state index is -0.837. The molecule has 13 heteroatoms. The molecule has 2 N–H and O–H groups in total. The average molecular weight is 694 g/mol. The van der Waals surface area contributed by atoms with E-state index in [1.54, 1.807) is 0 Å². The van der Waals surface area contributed by atoms with Crippen LogP contribution in [-0.2, 0) is 9.53 Å². The Morgan fingerprint density at radius 1 is 1.24 bits per heavy atom. The molecule has 7 rings (SSSR count). The van der Waals surface area contributed by atoms with E-state index in [9.17, 15) is 19.6 Å². The fourth-order valence-electron chi connectivity index (χ4n) is 7.12. The van der Waals surface area contributed by atoms with Gasteiger partial charge in [0.25, 0.3) is 0 Å². The van der Waals surface area contributed by atoms with Gasteiger partial charge in [0.2, 0.25) is 5.91 Å². The van der Waals surface area contributed by atoms with Gasteiger partial charge in [0.15, 0.2) is 5.82 Å². The molecule has 2 atom stereocenters. The minimum absolute atomic E-state index is 0.0364. The van der Waals surface area contributed by atoms with Crippen LogP contribution in [0.15, 0.2) is 43.1 Å². The molecule has 262 valence electrons. The number of nitriles is 1. The molecule has 0 spiro atoms. The Labute approximate surface area is 293 Å². The number of amides is 1. The van der Waals surface area contributed by atoms with Crippen molar-refractivity contribution in [2.45, 2.75) is 31.7 Å². The van der Waals surface area contributed by atoms with E-state index in [-0.39, 0.29) is 68.7 Å². The number of fused-ring (bicyclic) bond motifs is 2. The minimum Gasteiger partial charge on any atom is -0.508 e. The van der Waals surface area contributed by atoms with Crippen LogP contribution >= 0.6 is 0 Å². The summed E-state index contributed by atoms with van der Waals surface area (Å²) in [5.74, 6) is 0.297. The largest absolute Gasteiger partial charge is 0.508 e. The van der Waals surface area contributed by atoms with Gasteiger partial charge in [0.05, 0.1) is 42.8 Å². The number of ether oxygens (including phenoxy) is 2. The molecule has 0 radical (unpaired) electrons. The lowest BCUT2D eigenvalue weighted by molar-refractivity contribution is -0.117. The predicted molar refractivity (Wildman–Crippen MR) is 187 cm³/mol. The van der Waals surface area contributed by atoms with Crippen LogP contribution in [0.2, 0.25) is 0 Å². The molecule has 2 aliphatic heterocycles. The highest BCUT2D eigenvalue weighted by atomic mass is 19.1. The first-order valence-corrected chi connectivity index (χ1v) is 17.0. The highest BCUT2D eigenvalue weighted by Gasteiger charge is 2.45. The number of pyridine rings is 1. The number of nitrogens with one attached hydrogen (secondary N) is 1. The van der Waals surface area contributed by atoms with E-state index in [0.717, 1.165) is 32.5 Å². The first kappa shape index (κ1) is 34.1. The van der Waals surface area contributed by atoms with Gasteiger partial charge >= 0.3 is 6.01 Å². The number of phenolic OH excluding ortho intramolecular Hbond substituents is 1. The SMILES string of the molecule is C#Cc1c(F)ccc2cc(O)cc(-c3ncc4c(N5CC[C@H](C#N)C[C@@H](NC(=O)C=C)C5)nc(OCC5(CN6CCOCC6)CC5)nc4c3F)c12. The Bertz CT molecular complexity index is 2100. The van der Waals surface area contributed by atoms with E-state index in [1.165, 1.54) is 36.5 Å². The number of phenols is 1. The maximum Gasteiger partial charge on any atom is 0.319 e. The van der Waals surface area contributed by atoms with Crippen LogP contribution in [0.5, 0.6) is 11.8 Å². The number of nitrogens with zero attached hydrogens (tertiary/aromatic N) is 6. The molecule has 1 saturated carbocycles. The maximum absolute atomic E-state index is 17.0. The van der Waals surface area contributed by atoms with Crippen molar-refractivity contribution in [1.82, 2.24) is 25.2 Å². The summed E-state index contributed by atoms with van der Waals surface area (Å²) in [7, 11) is 0. The predicted octanol–water partition coefficient (Wildman–Crippen LogP) is 4.71. The number of aromatic nitrogens is 3. The van der Waals surface area contributed by atoms with E-state index in [4.69, 9.17) is 20.9 Å². The number of morpholine rings is 1. The summed E-state index contributed by atoms with van der Waals surface area (Å²) in [6.45, 7) is 8.43. The maximum atomic E-state index is 17.0. The smallest absolute Gasteiger partial charge is 0.319 e. The van der Waals surface area contributed by atoms with Crippen molar-refractivity contribution in [3.05, 3.63) is 60.3 Å². The molecule has 3 fully saturated rings. The summed E-state index contributed by atoms with van der Waals surface area (Å²) in [6, 6.07) is 7.24.